The van der Waals surface area contributed by atoms with Crippen molar-refractivity contribution in [2.24, 2.45) is 0 Å². The molecule has 1 fully saturated rings. The third kappa shape index (κ3) is 2.88. The van der Waals surface area contributed by atoms with Crippen LogP contribution in [0.15, 0.2) is 30.3 Å². The van der Waals surface area contributed by atoms with Gasteiger partial charge in [-0.3, -0.25) is 4.98 Å². The van der Waals surface area contributed by atoms with Gasteiger partial charge in [0.2, 0.25) is 0 Å². The van der Waals surface area contributed by atoms with Gasteiger partial charge in [-0.2, -0.15) is 11.8 Å². The summed E-state index contributed by atoms with van der Waals surface area (Å²) in [5, 5.41) is 6.91. The minimum Gasteiger partial charge on any atom is -0.334 e. The fourth-order valence-corrected chi connectivity index (χ4v) is 3.51. The van der Waals surface area contributed by atoms with Gasteiger partial charge in [0, 0.05) is 22.9 Å². The molecule has 2 aromatic rings. The largest absolute Gasteiger partial charge is 0.334 e. The molecule has 20 heavy (non-hydrogen) atoms. The molecule has 4 nitrogen and oxygen atoms in total. The summed E-state index contributed by atoms with van der Waals surface area (Å²) >= 11 is 1.88. The second-order valence-electron chi connectivity index (χ2n) is 4.98. The maximum Gasteiger partial charge on any atom is 0.319 e. The summed E-state index contributed by atoms with van der Waals surface area (Å²) in [7, 11) is 0. The molecule has 1 aromatic carbocycles. The highest BCUT2D eigenvalue weighted by atomic mass is 32.2. The van der Waals surface area contributed by atoms with Crippen molar-refractivity contribution in [3.63, 3.8) is 0 Å². The van der Waals surface area contributed by atoms with Crippen molar-refractivity contribution < 1.29 is 4.79 Å². The van der Waals surface area contributed by atoms with Crippen LogP contribution in [0.25, 0.3) is 10.9 Å². The molecule has 2 heterocycles. The molecule has 3 rings (SSSR count). The number of benzene rings is 1. The van der Waals surface area contributed by atoms with Crippen molar-refractivity contribution in [3.05, 3.63) is 36.0 Å². The fourth-order valence-electron chi connectivity index (χ4n) is 2.36. The van der Waals surface area contributed by atoms with Crippen LogP contribution in [0, 0.1) is 6.92 Å². The zero-order chi connectivity index (χ0) is 13.9. The predicted octanol–water partition coefficient (Wildman–Crippen LogP) is 3.17. The lowest BCUT2D eigenvalue weighted by Crippen LogP contribution is -2.37. The van der Waals surface area contributed by atoms with E-state index in [2.05, 4.69) is 15.6 Å². The normalized spacial score (nSPS) is 18.1. The molecule has 0 spiro atoms. The van der Waals surface area contributed by atoms with Gasteiger partial charge < -0.3 is 10.6 Å². The van der Waals surface area contributed by atoms with Gasteiger partial charge in [0.25, 0.3) is 0 Å². The van der Waals surface area contributed by atoms with Gasteiger partial charge in [0.05, 0.1) is 11.2 Å². The Bertz CT molecular complexity index is 638. The molecule has 1 saturated heterocycles. The van der Waals surface area contributed by atoms with Gasteiger partial charge in [-0.15, -0.1) is 0 Å². The van der Waals surface area contributed by atoms with E-state index in [1.54, 1.807) is 0 Å². The van der Waals surface area contributed by atoms with Crippen molar-refractivity contribution in [1.82, 2.24) is 10.3 Å². The number of aryl methyl sites for hydroxylation is 1. The standard InChI is InChI=1S/C15H17N3OS/c1-10-5-6-12-13(16-10)3-2-4-14(12)18-15(19)17-11-7-8-20-9-11/h2-6,11H,7-9H2,1H3,(H2,17,18,19)/t11-/m1/s1. The lowest BCUT2D eigenvalue weighted by atomic mass is 10.1. The number of urea groups is 1. The Balaban J connectivity index is 1.78. The smallest absolute Gasteiger partial charge is 0.319 e. The van der Waals surface area contributed by atoms with E-state index in [0.29, 0.717) is 0 Å². The van der Waals surface area contributed by atoms with E-state index in [4.69, 9.17) is 0 Å². The molecule has 0 bridgehead atoms. The van der Waals surface area contributed by atoms with Crippen LogP contribution in [-0.2, 0) is 0 Å². The minimum atomic E-state index is -0.134. The molecular weight excluding hydrogens is 270 g/mol. The van der Waals surface area contributed by atoms with Crippen LogP contribution in [0.4, 0.5) is 10.5 Å². The molecule has 1 aromatic heterocycles. The average molecular weight is 287 g/mol. The predicted molar refractivity (Wildman–Crippen MR) is 84.4 cm³/mol. The first-order valence-electron chi connectivity index (χ1n) is 6.74. The number of nitrogens with zero attached hydrogens (tertiary/aromatic N) is 1. The second-order valence-corrected chi connectivity index (χ2v) is 6.13. The average Bonchev–Trinajstić information content (AvgIpc) is 2.91. The summed E-state index contributed by atoms with van der Waals surface area (Å²) in [6, 6.07) is 9.88. The Morgan fingerprint density at radius 1 is 1.35 bits per heavy atom. The highest BCUT2D eigenvalue weighted by Gasteiger charge is 2.17. The molecule has 0 saturated carbocycles. The van der Waals surface area contributed by atoms with Crippen LogP contribution in [0.2, 0.25) is 0 Å². The number of carbonyl (C=O) groups is 1. The zero-order valence-electron chi connectivity index (χ0n) is 11.3. The number of amides is 2. The first-order valence-corrected chi connectivity index (χ1v) is 7.89. The molecule has 1 aliphatic heterocycles. The summed E-state index contributed by atoms with van der Waals surface area (Å²) < 4.78 is 0. The summed E-state index contributed by atoms with van der Waals surface area (Å²) in [6.45, 7) is 1.96. The molecule has 104 valence electrons. The lowest BCUT2D eigenvalue weighted by Gasteiger charge is -2.13. The minimum absolute atomic E-state index is 0.134. The van der Waals surface area contributed by atoms with Gasteiger partial charge in [-0.25, -0.2) is 4.79 Å². The Morgan fingerprint density at radius 2 is 2.25 bits per heavy atom. The fraction of sp³-hybridized carbons (Fsp3) is 0.333. The third-order valence-corrected chi connectivity index (χ3v) is 4.55. The number of carbonyl (C=O) groups excluding carboxylic acids is 1. The summed E-state index contributed by atoms with van der Waals surface area (Å²) in [6.07, 6.45) is 1.05. The zero-order valence-corrected chi connectivity index (χ0v) is 12.2. The number of hydrogen-bond donors (Lipinski definition) is 2. The molecule has 1 atom stereocenters. The van der Waals surface area contributed by atoms with Crippen LogP contribution in [0.5, 0.6) is 0 Å². The first-order chi connectivity index (χ1) is 9.72. The first kappa shape index (κ1) is 13.2. The Morgan fingerprint density at radius 3 is 3.05 bits per heavy atom. The Kier molecular flexibility index (Phi) is 3.78. The molecular formula is C15H17N3OS. The van der Waals surface area contributed by atoms with Crippen molar-refractivity contribution in [2.45, 2.75) is 19.4 Å². The Labute approximate surface area is 122 Å². The van der Waals surface area contributed by atoms with E-state index >= 15 is 0 Å². The topological polar surface area (TPSA) is 54.0 Å². The summed E-state index contributed by atoms with van der Waals surface area (Å²) in [5.74, 6) is 2.13. The molecule has 2 N–H and O–H groups in total. The molecule has 0 radical (unpaired) electrons. The number of pyridine rings is 1. The third-order valence-electron chi connectivity index (χ3n) is 3.38. The molecule has 5 heteroatoms. The van der Waals surface area contributed by atoms with Crippen molar-refractivity contribution in [1.29, 1.82) is 0 Å². The van der Waals surface area contributed by atoms with E-state index in [-0.39, 0.29) is 12.1 Å². The lowest BCUT2D eigenvalue weighted by molar-refractivity contribution is 0.249. The van der Waals surface area contributed by atoms with E-state index in [9.17, 15) is 4.79 Å². The maximum absolute atomic E-state index is 12.0. The number of anilines is 1. The SMILES string of the molecule is Cc1ccc2c(NC(=O)N[C@@H]3CCSC3)cccc2n1. The van der Waals surface area contributed by atoms with Gasteiger partial charge in [-0.1, -0.05) is 6.07 Å². The van der Waals surface area contributed by atoms with Gasteiger partial charge in [0.15, 0.2) is 0 Å². The van der Waals surface area contributed by atoms with E-state index in [1.807, 2.05) is 49.0 Å². The summed E-state index contributed by atoms with van der Waals surface area (Å²) in [4.78, 5) is 16.5. The number of thioether (sulfide) groups is 1. The van der Waals surface area contributed by atoms with Crippen molar-refractivity contribution in [3.8, 4) is 0 Å². The molecule has 2 amide bonds. The number of aromatic nitrogens is 1. The highest BCUT2D eigenvalue weighted by molar-refractivity contribution is 7.99. The number of nitrogens with one attached hydrogen (secondary N) is 2. The number of rotatable bonds is 2. The Hall–Kier alpha value is -1.75. The number of hydrogen-bond acceptors (Lipinski definition) is 3. The monoisotopic (exact) mass is 287 g/mol. The van der Waals surface area contributed by atoms with Crippen LogP contribution in [0.3, 0.4) is 0 Å². The van der Waals surface area contributed by atoms with E-state index in [1.165, 1.54) is 0 Å². The van der Waals surface area contributed by atoms with Gasteiger partial charge in [-0.05, 0) is 43.4 Å². The van der Waals surface area contributed by atoms with Crippen LogP contribution in [0.1, 0.15) is 12.1 Å². The van der Waals surface area contributed by atoms with Gasteiger partial charge >= 0.3 is 6.03 Å². The van der Waals surface area contributed by atoms with Crippen LogP contribution < -0.4 is 10.6 Å². The van der Waals surface area contributed by atoms with Crippen molar-refractivity contribution >= 4 is 34.4 Å². The second kappa shape index (κ2) is 5.71. The van der Waals surface area contributed by atoms with Gasteiger partial charge in [0.1, 0.15) is 0 Å². The summed E-state index contributed by atoms with van der Waals surface area (Å²) in [5.41, 5.74) is 2.68. The van der Waals surface area contributed by atoms with Crippen molar-refractivity contribution in [2.75, 3.05) is 16.8 Å². The van der Waals surface area contributed by atoms with E-state index in [0.717, 1.165) is 40.2 Å². The van der Waals surface area contributed by atoms with Crippen LogP contribution >= 0.6 is 11.8 Å². The quantitative estimate of drug-likeness (QED) is 0.892. The van der Waals surface area contributed by atoms with Crippen LogP contribution in [-0.4, -0.2) is 28.6 Å². The molecule has 0 unspecified atom stereocenters. The van der Waals surface area contributed by atoms with E-state index < -0.39 is 0 Å². The molecule has 1 aliphatic rings. The number of fused-ring (bicyclic) bond motifs is 1. The highest BCUT2D eigenvalue weighted by Crippen LogP contribution is 2.22. The maximum atomic E-state index is 12.0. The molecule has 0 aliphatic carbocycles.